The van der Waals surface area contributed by atoms with Crippen molar-refractivity contribution >= 4 is 11.9 Å². The van der Waals surface area contributed by atoms with Gasteiger partial charge in [0.1, 0.15) is 0 Å². The van der Waals surface area contributed by atoms with Crippen LogP contribution in [-0.2, 0) is 0 Å². The van der Waals surface area contributed by atoms with Gasteiger partial charge in [0.15, 0.2) is 5.96 Å². The first-order valence-electron chi connectivity index (χ1n) is 9.80. The summed E-state index contributed by atoms with van der Waals surface area (Å²) in [5, 5.41) is 3.66. The van der Waals surface area contributed by atoms with Gasteiger partial charge in [0.05, 0.1) is 6.04 Å². The van der Waals surface area contributed by atoms with Crippen molar-refractivity contribution in [2.45, 2.75) is 97.2 Å². The van der Waals surface area contributed by atoms with Crippen molar-refractivity contribution in [1.29, 1.82) is 0 Å². The predicted octanol–water partition coefficient (Wildman–Crippen LogP) is 2.83. The number of rotatable bonds is 7. The molecule has 5 N–H and O–H groups in total. The second-order valence-electron chi connectivity index (χ2n) is 8.61. The lowest BCUT2D eigenvalue weighted by Gasteiger charge is -2.45. The molecule has 0 aromatic heterocycles. The molecular weight excluding hydrogens is 312 g/mol. The van der Waals surface area contributed by atoms with Crippen molar-refractivity contribution in [1.82, 2.24) is 10.2 Å². The summed E-state index contributed by atoms with van der Waals surface area (Å²) in [7, 11) is 0. The highest BCUT2D eigenvalue weighted by Crippen LogP contribution is 2.30. The predicted molar refractivity (Wildman–Crippen MR) is 109 cm³/mol. The Bertz CT molecular complexity index is 443. The Morgan fingerprint density at radius 2 is 1.48 bits per heavy atom. The van der Waals surface area contributed by atoms with Crippen molar-refractivity contribution in [2.24, 2.45) is 21.5 Å². The molecule has 25 heavy (non-hydrogen) atoms. The van der Waals surface area contributed by atoms with Gasteiger partial charge in [-0.05, 0) is 53.4 Å². The molecule has 0 radical (unpaired) electrons. The van der Waals surface area contributed by atoms with Crippen LogP contribution in [0.4, 0.5) is 0 Å². The maximum atomic E-state index is 6.21. The largest absolute Gasteiger partial charge is 0.369 e. The van der Waals surface area contributed by atoms with Crippen molar-refractivity contribution < 1.29 is 0 Å². The number of nitrogens with two attached hydrogens (primary N) is 2. The summed E-state index contributed by atoms with van der Waals surface area (Å²) in [6.07, 6.45) is 6.38. The molecule has 0 spiro atoms. The maximum absolute atomic E-state index is 6.21. The Hall–Kier alpha value is -1.30. The molecule has 0 atom stereocenters. The third-order valence-electron chi connectivity index (χ3n) is 4.60. The SMILES string of the molecule is CCCCN(CCCC)C(N)=NC(N)=NC1CC(C)(C)NC(C)(C)C1. The van der Waals surface area contributed by atoms with Gasteiger partial charge in [-0.2, -0.15) is 4.99 Å². The Labute approximate surface area is 154 Å². The average Bonchev–Trinajstić information content (AvgIpc) is 2.43. The first-order valence-corrected chi connectivity index (χ1v) is 9.80. The minimum Gasteiger partial charge on any atom is -0.369 e. The van der Waals surface area contributed by atoms with Gasteiger partial charge in [-0.1, -0.05) is 26.7 Å². The van der Waals surface area contributed by atoms with Crippen LogP contribution >= 0.6 is 0 Å². The standard InChI is InChI=1S/C19H40N6/c1-7-9-11-25(12-10-8-2)17(21)23-16(20)22-15-13-18(3,4)24-19(5,6)14-15/h15,24H,7-14H2,1-6H3,(H4,20,21,22,23). The Morgan fingerprint density at radius 3 is 1.92 bits per heavy atom. The molecule has 0 unspecified atom stereocenters. The average molecular weight is 353 g/mol. The van der Waals surface area contributed by atoms with Gasteiger partial charge in [-0.25, -0.2) is 4.99 Å². The summed E-state index contributed by atoms with van der Waals surface area (Å²) in [6.45, 7) is 15.1. The third kappa shape index (κ3) is 8.08. The Morgan fingerprint density at radius 1 is 1.00 bits per heavy atom. The van der Waals surface area contributed by atoms with Crippen LogP contribution < -0.4 is 16.8 Å². The van der Waals surface area contributed by atoms with Gasteiger partial charge < -0.3 is 21.7 Å². The van der Waals surface area contributed by atoms with Crippen molar-refractivity contribution in [3.05, 3.63) is 0 Å². The van der Waals surface area contributed by atoms with Gasteiger partial charge in [0, 0.05) is 24.2 Å². The lowest BCUT2D eigenvalue weighted by Crippen LogP contribution is -2.59. The molecule has 1 rings (SSSR count). The molecule has 0 aromatic carbocycles. The molecule has 1 saturated heterocycles. The van der Waals surface area contributed by atoms with E-state index in [1.54, 1.807) is 0 Å². The summed E-state index contributed by atoms with van der Waals surface area (Å²) in [6, 6.07) is 0.169. The number of nitrogens with zero attached hydrogens (tertiary/aromatic N) is 3. The zero-order valence-electron chi connectivity index (χ0n) is 17.2. The van der Waals surface area contributed by atoms with E-state index < -0.39 is 0 Å². The molecule has 0 amide bonds. The van der Waals surface area contributed by atoms with Crippen LogP contribution in [0.15, 0.2) is 9.98 Å². The number of hydrogen-bond acceptors (Lipinski definition) is 2. The fraction of sp³-hybridized carbons (Fsp3) is 0.895. The molecule has 0 bridgehead atoms. The van der Waals surface area contributed by atoms with Gasteiger partial charge in [0.25, 0.3) is 0 Å². The molecular formula is C19H40N6. The van der Waals surface area contributed by atoms with E-state index in [0.717, 1.165) is 51.6 Å². The van der Waals surface area contributed by atoms with E-state index in [4.69, 9.17) is 11.5 Å². The molecule has 1 fully saturated rings. The van der Waals surface area contributed by atoms with Crippen LogP contribution in [0.3, 0.4) is 0 Å². The topological polar surface area (TPSA) is 92.0 Å². The second kappa shape index (κ2) is 9.41. The lowest BCUT2D eigenvalue weighted by molar-refractivity contribution is 0.164. The van der Waals surface area contributed by atoms with Gasteiger partial charge in [-0.15, -0.1) is 0 Å². The van der Waals surface area contributed by atoms with Crippen LogP contribution in [0.1, 0.15) is 80.1 Å². The number of hydrogen-bond donors (Lipinski definition) is 3. The fourth-order valence-electron chi connectivity index (χ4n) is 3.80. The quantitative estimate of drug-likeness (QED) is 0.485. The van der Waals surface area contributed by atoms with Gasteiger partial charge in [-0.3, -0.25) is 0 Å². The monoisotopic (exact) mass is 352 g/mol. The Balaban J connectivity index is 2.82. The smallest absolute Gasteiger partial charge is 0.218 e. The maximum Gasteiger partial charge on any atom is 0.218 e. The molecule has 0 saturated carbocycles. The molecule has 1 aliphatic heterocycles. The second-order valence-corrected chi connectivity index (χ2v) is 8.61. The third-order valence-corrected chi connectivity index (χ3v) is 4.60. The van der Waals surface area contributed by atoms with Crippen LogP contribution in [0.25, 0.3) is 0 Å². The number of unbranched alkanes of at least 4 members (excludes halogenated alkanes) is 2. The van der Waals surface area contributed by atoms with E-state index >= 15 is 0 Å². The van der Waals surface area contributed by atoms with Gasteiger partial charge in [0.2, 0.25) is 5.96 Å². The fourth-order valence-corrected chi connectivity index (χ4v) is 3.80. The number of nitrogens with one attached hydrogen (secondary N) is 1. The minimum atomic E-state index is 0.0414. The van der Waals surface area contributed by atoms with Crippen LogP contribution in [0, 0.1) is 0 Å². The molecule has 6 heteroatoms. The Kier molecular flexibility index (Phi) is 8.19. The lowest BCUT2D eigenvalue weighted by atomic mass is 9.80. The minimum absolute atomic E-state index is 0.0414. The van der Waals surface area contributed by atoms with E-state index in [-0.39, 0.29) is 17.1 Å². The highest BCUT2D eigenvalue weighted by Gasteiger charge is 2.37. The van der Waals surface area contributed by atoms with Crippen molar-refractivity contribution in [3.8, 4) is 0 Å². The van der Waals surface area contributed by atoms with Crippen LogP contribution in [-0.4, -0.2) is 47.0 Å². The highest BCUT2D eigenvalue weighted by molar-refractivity contribution is 5.93. The number of aliphatic imine (C=N–C) groups is 2. The number of piperidine rings is 1. The van der Waals surface area contributed by atoms with Crippen LogP contribution in [0.2, 0.25) is 0 Å². The molecule has 0 aliphatic carbocycles. The summed E-state index contributed by atoms with van der Waals surface area (Å²) < 4.78 is 0. The molecule has 1 aliphatic rings. The summed E-state index contributed by atoms with van der Waals surface area (Å²) >= 11 is 0. The van der Waals surface area contributed by atoms with E-state index in [2.05, 4.69) is 61.7 Å². The van der Waals surface area contributed by atoms with Crippen molar-refractivity contribution in [2.75, 3.05) is 13.1 Å². The number of guanidine groups is 2. The summed E-state index contributed by atoms with van der Waals surface area (Å²) in [4.78, 5) is 11.2. The van der Waals surface area contributed by atoms with E-state index in [1.165, 1.54) is 0 Å². The van der Waals surface area contributed by atoms with E-state index in [0.29, 0.717) is 11.9 Å². The highest BCUT2D eigenvalue weighted by atomic mass is 15.3. The van der Waals surface area contributed by atoms with Gasteiger partial charge >= 0.3 is 0 Å². The zero-order chi connectivity index (χ0) is 19.1. The van der Waals surface area contributed by atoms with Crippen molar-refractivity contribution in [3.63, 3.8) is 0 Å². The molecule has 146 valence electrons. The normalized spacial score (nSPS) is 21.4. The first-order chi connectivity index (χ1) is 11.6. The first kappa shape index (κ1) is 21.7. The van der Waals surface area contributed by atoms with E-state index in [1.807, 2.05) is 0 Å². The zero-order valence-corrected chi connectivity index (χ0v) is 17.2. The molecule has 1 heterocycles. The summed E-state index contributed by atoms with van der Waals surface area (Å²) in [5.41, 5.74) is 12.4. The molecule has 0 aromatic rings. The molecule has 6 nitrogen and oxygen atoms in total. The van der Waals surface area contributed by atoms with Crippen LogP contribution in [0.5, 0.6) is 0 Å². The van der Waals surface area contributed by atoms with E-state index in [9.17, 15) is 0 Å². The summed E-state index contributed by atoms with van der Waals surface area (Å²) in [5.74, 6) is 0.796.